The summed E-state index contributed by atoms with van der Waals surface area (Å²) in [6.07, 6.45) is 0.195. The highest BCUT2D eigenvalue weighted by Gasteiger charge is 2.22. The lowest BCUT2D eigenvalue weighted by molar-refractivity contribution is 0.102. The molecule has 4 heteroatoms. The van der Waals surface area contributed by atoms with E-state index in [0.717, 1.165) is 6.61 Å². The summed E-state index contributed by atoms with van der Waals surface area (Å²) in [6, 6.07) is 4.60. The maximum atomic E-state index is 13.2. The quantitative estimate of drug-likeness (QED) is 0.721. The van der Waals surface area contributed by atoms with E-state index in [1.54, 1.807) is 12.1 Å². The molecular formula is C10H10ClFO2. The fourth-order valence-corrected chi connectivity index (χ4v) is 1.34. The lowest BCUT2D eigenvalue weighted by atomic mass is 10.2. The molecule has 1 aromatic rings. The maximum absolute atomic E-state index is 13.2. The third kappa shape index (κ3) is 2.44. The molecule has 2 rings (SSSR count). The van der Waals surface area contributed by atoms with Crippen molar-refractivity contribution in [3.63, 3.8) is 0 Å². The Labute approximate surface area is 86.6 Å². The molecule has 1 saturated heterocycles. The van der Waals surface area contributed by atoms with Crippen molar-refractivity contribution < 1.29 is 13.9 Å². The summed E-state index contributed by atoms with van der Waals surface area (Å²) >= 11 is 5.81. The number of hydrogen-bond donors (Lipinski definition) is 0. The number of hydrogen-bond acceptors (Lipinski definition) is 2. The number of rotatable bonds is 4. The van der Waals surface area contributed by atoms with Crippen LogP contribution in [-0.4, -0.2) is 19.3 Å². The summed E-state index contributed by atoms with van der Waals surface area (Å²) < 4.78 is 23.4. The maximum Gasteiger partial charge on any atom is 0.130 e. The van der Waals surface area contributed by atoms with Gasteiger partial charge in [-0.2, -0.15) is 0 Å². The van der Waals surface area contributed by atoms with E-state index in [2.05, 4.69) is 0 Å². The van der Waals surface area contributed by atoms with Crippen molar-refractivity contribution in [3.05, 3.63) is 34.6 Å². The Balaban J connectivity index is 1.92. The van der Waals surface area contributed by atoms with Gasteiger partial charge in [-0.3, -0.25) is 0 Å². The molecule has 1 unspecified atom stereocenters. The van der Waals surface area contributed by atoms with Crippen molar-refractivity contribution in [2.24, 2.45) is 0 Å². The molecule has 76 valence electrons. The van der Waals surface area contributed by atoms with Crippen LogP contribution in [0.2, 0.25) is 5.02 Å². The summed E-state index contributed by atoms with van der Waals surface area (Å²) in [5.41, 5.74) is 0.412. The van der Waals surface area contributed by atoms with Crippen molar-refractivity contribution in [2.75, 3.05) is 13.2 Å². The van der Waals surface area contributed by atoms with Crippen LogP contribution in [0.1, 0.15) is 5.56 Å². The molecule has 1 atom stereocenters. The third-order valence-electron chi connectivity index (χ3n) is 2.01. The lowest BCUT2D eigenvalue weighted by Gasteiger charge is -2.05. The summed E-state index contributed by atoms with van der Waals surface area (Å²) in [5.74, 6) is -0.325. The zero-order chi connectivity index (χ0) is 9.97. The summed E-state index contributed by atoms with van der Waals surface area (Å²) in [7, 11) is 0. The van der Waals surface area contributed by atoms with Gasteiger partial charge in [-0.1, -0.05) is 17.7 Å². The minimum atomic E-state index is -0.325. The molecule has 0 bridgehead atoms. The normalized spacial score (nSPS) is 19.7. The van der Waals surface area contributed by atoms with E-state index in [4.69, 9.17) is 21.1 Å². The number of benzene rings is 1. The van der Waals surface area contributed by atoms with Gasteiger partial charge in [-0.15, -0.1) is 0 Å². The van der Waals surface area contributed by atoms with E-state index in [1.165, 1.54) is 6.07 Å². The van der Waals surface area contributed by atoms with Crippen molar-refractivity contribution in [3.8, 4) is 0 Å². The van der Waals surface area contributed by atoms with Gasteiger partial charge in [0.1, 0.15) is 11.9 Å². The number of epoxide rings is 1. The minimum absolute atomic E-state index is 0.195. The molecule has 1 fully saturated rings. The van der Waals surface area contributed by atoms with Gasteiger partial charge in [-0.25, -0.2) is 4.39 Å². The van der Waals surface area contributed by atoms with Crippen LogP contribution < -0.4 is 0 Å². The second-order valence-corrected chi connectivity index (χ2v) is 3.58. The SMILES string of the molecule is Fc1cccc(Cl)c1COCC1CO1. The summed E-state index contributed by atoms with van der Waals surface area (Å²) in [4.78, 5) is 0. The fourth-order valence-electron chi connectivity index (χ4n) is 1.13. The van der Waals surface area contributed by atoms with E-state index in [0.29, 0.717) is 17.2 Å². The van der Waals surface area contributed by atoms with Gasteiger partial charge in [0.2, 0.25) is 0 Å². The first-order valence-electron chi connectivity index (χ1n) is 4.39. The first-order valence-corrected chi connectivity index (χ1v) is 4.77. The Bertz CT molecular complexity index is 306. The van der Waals surface area contributed by atoms with E-state index in [9.17, 15) is 4.39 Å². The van der Waals surface area contributed by atoms with Gasteiger partial charge in [0.15, 0.2) is 0 Å². The fraction of sp³-hybridized carbons (Fsp3) is 0.400. The molecular weight excluding hydrogens is 207 g/mol. The highest BCUT2D eigenvalue weighted by atomic mass is 35.5. The topological polar surface area (TPSA) is 21.8 Å². The van der Waals surface area contributed by atoms with Crippen LogP contribution in [0.4, 0.5) is 4.39 Å². The van der Waals surface area contributed by atoms with Gasteiger partial charge in [-0.05, 0) is 12.1 Å². The summed E-state index contributed by atoms with van der Waals surface area (Å²) in [5, 5.41) is 0.404. The Morgan fingerprint density at radius 3 is 3.00 bits per heavy atom. The van der Waals surface area contributed by atoms with Crippen LogP contribution >= 0.6 is 11.6 Å². The average Bonchev–Trinajstić information content (AvgIpc) is 2.94. The standard InChI is InChI=1S/C10H10ClFO2/c11-9-2-1-3-10(12)8(9)6-13-4-7-5-14-7/h1-3,7H,4-6H2. The molecule has 1 aromatic carbocycles. The van der Waals surface area contributed by atoms with E-state index >= 15 is 0 Å². The monoisotopic (exact) mass is 216 g/mol. The Kier molecular flexibility index (Phi) is 3.01. The molecule has 1 heterocycles. The zero-order valence-corrected chi connectivity index (χ0v) is 8.26. The first-order chi connectivity index (χ1) is 6.77. The smallest absolute Gasteiger partial charge is 0.130 e. The highest BCUT2D eigenvalue weighted by Crippen LogP contribution is 2.20. The van der Waals surface area contributed by atoms with Crippen LogP contribution in [0, 0.1) is 5.82 Å². The Morgan fingerprint density at radius 1 is 1.57 bits per heavy atom. The van der Waals surface area contributed by atoms with Gasteiger partial charge in [0.05, 0.1) is 19.8 Å². The molecule has 1 aliphatic rings. The van der Waals surface area contributed by atoms with Crippen LogP contribution in [0.25, 0.3) is 0 Å². The van der Waals surface area contributed by atoms with E-state index < -0.39 is 0 Å². The van der Waals surface area contributed by atoms with Crippen LogP contribution in [0.15, 0.2) is 18.2 Å². The van der Waals surface area contributed by atoms with Crippen molar-refractivity contribution in [1.82, 2.24) is 0 Å². The number of halogens is 2. The van der Waals surface area contributed by atoms with Crippen molar-refractivity contribution in [2.45, 2.75) is 12.7 Å². The molecule has 0 spiro atoms. The number of ether oxygens (including phenoxy) is 2. The third-order valence-corrected chi connectivity index (χ3v) is 2.37. The lowest BCUT2D eigenvalue weighted by Crippen LogP contribution is -2.03. The minimum Gasteiger partial charge on any atom is -0.374 e. The van der Waals surface area contributed by atoms with Crippen LogP contribution in [0.5, 0.6) is 0 Å². The average molecular weight is 217 g/mol. The van der Waals surface area contributed by atoms with Crippen LogP contribution in [-0.2, 0) is 16.1 Å². The molecule has 0 radical (unpaired) electrons. The Hall–Kier alpha value is -0.640. The van der Waals surface area contributed by atoms with Gasteiger partial charge < -0.3 is 9.47 Å². The van der Waals surface area contributed by atoms with E-state index in [1.807, 2.05) is 0 Å². The van der Waals surface area contributed by atoms with E-state index in [-0.39, 0.29) is 18.5 Å². The van der Waals surface area contributed by atoms with Gasteiger partial charge in [0, 0.05) is 10.6 Å². The van der Waals surface area contributed by atoms with Crippen LogP contribution in [0.3, 0.4) is 0 Å². The predicted molar refractivity (Wildman–Crippen MR) is 50.8 cm³/mol. The molecule has 0 aliphatic carbocycles. The second kappa shape index (κ2) is 4.26. The molecule has 14 heavy (non-hydrogen) atoms. The molecule has 0 aromatic heterocycles. The van der Waals surface area contributed by atoms with Crippen molar-refractivity contribution in [1.29, 1.82) is 0 Å². The molecule has 1 aliphatic heterocycles. The molecule has 0 amide bonds. The molecule has 0 saturated carbocycles. The van der Waals surface area contributed by atoms with Crippen molar-refractivity contribution >= 4 is 11.6 Å². The van der Waals surface area contributed by atoms with Gasteiger partial charge in [0.25, 0.3) is 0 Å². The largest absolute Gasteiger partial charge is 0.374 e. The summed E-state index contributed by atoms with van der Waals surface area (Å²) in [6.45, 7) is 1.45. The highest BCUT2D eigenvalue weighted by molar-refractivity contribution is 6.31. The van der Waals surface area contributed by atoms with Gasteiger partial charge >= 0.3 is 0 Å². The Morgan fingerprint density at radius 2 is 2.36 bits per heavy atom. The molecule has 2 nitrogen and oxygen atoms in total. The second-order valence-electron chi connectivity index (χ2n) is 3.17. The predicted octanol–water partition coefficient (Wildman–Crippen LogP) is 2.39. The zero-order valence-electron chi connectivity index (χ0n) is 7.50. The molecule has 0 N–H and O–H groups in total. The first kappa shape index (κ1) is 9.90.